The number of ether oxygens (including phenoxy) is 4. The molecule has 0 saturated carbocycles. The molecule has 9 nitrogen and oxygen atoms in total. The average Bonchev–Trinajstić information content (AvgIpc) is 2.47. The first-order chi connectivity index (χ1) is 9.83. The van der Waals surface area contributed by atoms with Gasteiger partial charge in [0.15, 0.2) is 0 Å². The summed E-state index contributed by atoms with van der Waals surface area (Å²) in [6.45, 7) is 3.46. The first-order valence-electron chi connectivity index (χ1n) is 6.57. The lowest BCUT2D eigenvalue weighted by molar-refractivity contribution is 0.0222. The molecular weight excluding hydrogens is 288 g/mol. The smallest absolute Gasteiger partial charge is 0.0701 e. The van der Waals surface area contributed by atoms with Crippen LogP contribution < -0.4 is 0 Å². The Morgan fingerprint density at radius 3 is 0.714 bits per heavy atom. The van der Waals surface area contributed by atoms with Crippen molar-refractivity contribution in [1.82, 2.24) is 0 Å². The van der Waals surface area contributed by atoms with Crippen LogP contribution in [0.1, 0.15) is 0 Å². The molecular formula is C12H30O9. The number of rotatable bonds is 14. The van der Waals surface area contributed by atoms with Gasteiger partial charge in [-0.3, -0.25) is 0 Å². The van der Waals surface area contributed by atoms with Crippen molar-refractivity contribution < 1.29 is 44.8 Å². The van der Waals surface area contributed by atoms with E-state index < -0.39 is 0 Å². The normalized spacial score (nSPS) is 9.71. The van der Waals surface area contributed by atoms with Crippen molar-refractivity contribution in [2.45, 2.75) is 0 Å². The van der Waals surface area contributed by atoms with Gasteiger partial charge in [0.1, 0.15) is 0 Å². The molecule has 0 bridgehead atoms. The molecule has 9 heteroatoms. The summed E-state index contributed by atoms with van der Waals surface area (Å²) in [4.78, 5) is 0. The lowest BCUT2D eigenvalue weighted by Gasteiger charge is -2.01. The molecule has 0 aliphatic rings. The Bertz CT molecular complexity index is 117. The summed E-state index contributed by atoms with van der Waals surface area (Å²) in [6, 6.07) is 0. The Hall–Kier alpha value is -0.360. The molecule has 0 fully saturated rings. The third-order valence-electron chi connectivity index (χ3n) is 1.69. The fourth-order valence-corrected chi connectivity index (χ4v) is 0.902. The summed E-state index contributed by atoms with van der Waals surface area (Å²) in [5.74, 6) is 0. The Morgan fingerprint density at radius 2 is 0.571 bits per heavy atom. The highest BCUT2D eigenvalue weighted by molar-refractivity contribution is 4.31. The zero-order valence-corrected chi connectivity index (χ0v) is 12.4. The minimum Gasteiger partial charge on any atom is -0.412 e. The van der Waals surface area contributed by atoms with E-state index in [2.05, 4.69) is 0 Å². The van der Waals surface area contributed by atoms with E-state index in [1.165, 1.54) is 0 Å². The second kappa shape index (κ2) is 27.9. The molecule has 0 heterocycles. The van der Waals surface area contributed by atoms with Crippen molar-refractivity contribution >= 4 is 0 Å². The van der Waals surface area contributed by atoms with Crippen LogP contribution in [0.25, 0.3) is 0 Å². The molecule has 0 amide bonds. The van der Waals surface area contributed by atoms with E-state index in [9.17, 15) is 0 Å². The van der Waals surface area contributed by atoms with Crippen LogP contribution >= 0.6 is 0 Å². The van der Waals surface area contributed by atoms with Crippen LogP contribution in [0.5, 0.6) is 0 Å². The van der Waals surface area contributed by atoms with Crippen molar-refractivity contribution in [2.24, 2.45) is 0 Å². The Balaban J connectivity index is -0.000000295. The molecule has 0 saturated heterocycles. The van der Waals surface area contributed by atoms with Gasteiger partial charge in [-0.15, -0.1) is 0 Å². The summed E-state index contributed by atoms with van der Waals surface area (Å²) < 4.78 is 19.5. The fourth-order valence-electron chi connectivity index (χ4n) is 0.902. The summed E-state index contributed by atoms with van der Waals surface area (Å²) in [5.41, 5.74) is 0. The summed E-state index contributed by atoms with van der Waals surface area (Å²) in [6.07, 6.45) is 0. The van der Waals surface area contributed by atoms with Crippen molar-refractivity contribution in [3.05, 3.63) is 0 Å². The van der Waals surface area contributed by atoms with Gasteiger partial charge in [0, 0.05) is 0 Å². The quantitative estimate of drug-likeness (QED) is 0.251. The number of aliphatic hydroxyl groups is 4. The second-order valence-corrected chi connectivity index (χ2v) is 3.34. The van der Waals surface area contributed by atoms with E-state index in [0.29, 0.717) is 52.9 Å². The third kappa shape index (κ3) is 32.8. The lowest BCUT2D eigenvalue weighted by atomic mass is 10.7. The summed E-state index contributed by atoms with van der Waals surface area (Å²) >= 11 is 0. The zero-order chi connectivity index (χ0) is 15.3. The first-order valence-corrected chi connectivity index (χ1v) is 6.57. The molecule has 0 atom stereocenters. The predicted molar refractivity (Wildman–Crippen MR) is 75.2 cm³/mol. The highest BCUT2D eigenvalue weighted by Gasteiger charge is 1.87. The van der Waals surface area contributed by atoms with Crippen molar-refractivity contribution in [3.8, 4) is 0 Å². The van der Waals surface area contributed by atoms with E-state index in [1.807, 2.05) is 0 Å². The number of hydrogen-bond donors (Lipinski definition) is 4. The number of aliphatic hydroxyl groups excluding tert-OH is 4. The fraction of sp³-hybridized carbons (Fsp3) is 1.00. The predicted octanol–water partition coefficient (Wildman–Crippen LogP) is -2.82. The van der Waals surface area contributed by atoms with Crippen LogP contribution in [0.2, 0.25) is 0 Å². The van der Waals surface area contributed by atoms with Gasteiger partial charge < -0.3 is 44.8 Å². The number of hydrogen-bond acceptors (Lipinski definition) is 8. The lowest BCUT2D eigenvalue weighted by Crippen LogP contribution is -2.09. The van der Waals surface area contributed by atoms with Crippen LogP contribution in [0.3, 0.4) is 0 Å². The molecule has 0 aliphatic heterocycles. The Labute approximate surface area is 125 Å². The van der Waals surface area contributed by atoms with Gasteiger partial charge in [0.25, 0.3) is 0 Å². The molecule has 0 radical (unpaired) electrons. The minimum absolute atomic E-state index is 0. The van der Waals surface area contributed by atoms with Crippen LogP contribution in [-0.4, -0.2) is 105 Å². The van der Waals surface area contributed by atoms with Gasteiger partial charge >= 0.3 is 0 Å². The standard InChI is InChI=1S/2C6H14O4.H2O/c2*7-1-3-9-5-6-10-4-2-8;/h2*7-8H,1-6H2;1H2. The molecule has 0 aromatic rings. The van der Waals surface area contributed by atoms with Crippen LogP contribution in [-0.2, 0) is 18.9 Å². The molecule has 0 unspecified atom stereocenters. The highest BCUT2D eigenvalue weighted by Crippen LogP contribution is 1.77. The molecule has 0 rings (SSSR count). The van der Waals surface area contributed by atoms with Gasteiger partial charge in [0.2, 0.25) is 0 Å². The van der Waals surface area contributed by atoms with E-state index in [1.54, 1.807) is 0 Å². The first kappa shape index (κ1) is 25.6. The van der Waals surface area contributed by atoms with Gasteiger partial charge in [-0.1, -0.05) is 0 Å². The Morgan fingerprint density at radius 1 is 0.381 bits per heavy atom. The molecule has 0 aromatic heterocycles. The maximum absolute atomic E-state index is 8.26. The monoisotopic (exact) mass is 318 g/mol. The summed E-state index contributed by atoms with van der Waals surface area (Å²) in [7, 11) is 0. The SMILES string of the molecule is O.OCCOCCOCCO.OCCOCCOCCO. The van der Waals surface area contributed by atoms with Crippen molar-refractivity contribution in [2.75, 3.05) is 79.3 Å². The summed E-state index contributed by atoms with van der Waals surface area (Å²) in [5, 5.41) is 33.1. The molecule has 0 aliphatic carbocycles. The van der Waals surface area contributed by atoms with E-state index in [4.69, 9.17) is 39.4 Å². The van der Waals surface area contributed by atoms with Crippen LogP contribution in [0.4, 0.5) is 0 Å². The van der Waals surface area contributed by atoms with Gasteiger partial charge in [0.05, 0.1) is 79.3 Å². The van der Waals surface area contributed by atoms with Crippen molar-refractivity contribution in [3.63, 3.8) is 0 Å². The second-order valence-electron chi connectivity index (χ2n) is 3.34. The molecule has 0 spiro atoms. The minimum atomic E-state index is 0. The van der Waals surface area contributed by atoms with Gasteiger partial charge in [-0.05, 0) is 0 Å². The van der Waals surface area contributed by atoms with Gasteiger partial charge in [-0.2, -0.15) is 0 Å². The van der Waals surface area contributed by atoms with E-state index in [0.717, 1.165) is 0 Å². The van der Waals surface area contributed by atoms with Crippen molar-refractivity contribution in [1.29, 1.82) is 0 Å². The Kier molecular flexibility index (Phi) is 34.0. The van der Waals surface area contributed by atoms with E-state index in [-0.39, 0.29) is 31.9 Å². The maximum Gasteiger partial charge on any atom is 0.0701 e. The van der Waals surface area contributed by atoms with Crippen LogP contribution in [0.15, 0.2) is 0 Å². The van der Waals surface area contributed by atoms with E-state index >= 15 is 0 Å². The highest BCUT2D eigenvalue weighted by atomic mass is 16.5. The van der Waals surface area contributed by atoms with Gasteiger partial charge in [-0.25, -0.2) is 0 Å². The molecule has 0 aromatic carbocycles. The third-order valence-corrected chi connectivity index (χ3v) is 1.69. The molecule has 21 heavy (non-hydrogen) atoms. The molecule has 132 valence electrons. The largest absolute Gasteiger partial charge is 0.412 e. The topological polar surface area (TPSA) is 149 Å². The maximum atomic E-state index is 8.26. The molecule has 6 N–H and O–H groups in total. The average molecular weight is 318 g/mol. The van der Waals surface area contributed by atoms with Crippen LogP contribution in [0, 0.1) is 0 Å². The zero-order valence-electron chi connectivity index (χ0n) is 12.4.